The molecule has 2 amide bonds. The number of benzene rings is 3. The van der Waals surface area contributed by atoms with Gasteiger partial charge < -0.3 is 10.2 Å². The number of nitrogens with one attached hydrogen (secondary N) is 1. The van der Waals surface area contributed by atoms with Gasteiger partial charge in [-0.15, -0.1) is 0 Å². The van der Waals surface area contributed by atoms with Crippen LogP contribution in [0.1, 0.15) is 58.2 Å². The highest BCUT2D eigenvalue weighted by molar-refractivity contribution is 7.92. The molecule has 1 atom stereocenters. The quantitative estimate of drug-likeness (QED) is 0.307. The summed E-state index contributed by atoms with van der Waals surface area (Å²) in [5.41, 5.74) is 2.38. The number of carbonyl (C=O) groups is 2. The predicted octanol–water partition coefficient (Wildman–Crippen LogP) is 5.96. The molecule has 1 N–H and O–H groups in total. The van der Waals surface area contributed by atoms with E-state index in [0.717, 1.165) is 27.3 Å². The van der Waals surface area contributed by atoms with Crippen molar-refractivity contribution in [1.29, 1.82) is 0 Å². The van der Waals surface area contributed by atoms with Crippen molar-refractivity contribution in [3.05, 3.63) is 101 Å². The fourth-order valence-electron chi connectivity index (χ4n) is 4.53. The predicted molar refractivity (Wildman–Crippen MR) is 171 cm³/mol. The monoisotopic (exact) mass is 611 g/mol. The molecule has 0 aliphatic carbocycles. The van der Waals surface area contributed by atoms with Gasteiger partial charge in [0.05, 0.1) is 11.9 Å². The molecule has 0 spiro atoms. The van der Waals surface area contributed by atoms with Crippen molar-refractivity contribution in [2.45, 2.75) is 71.5 Å². The molecule has 0 bridgehead atoms. The van der Waals surface area contributed by atoms with E-state index >= 15 is 0 Å². The van der Waals surface area contributed by atoms with Gasteiger partial charge in [0.15, 0.2) is 0 Å². The summed E-state index contributed by atoms with van der Waals surface area (Å²) in [6.45, 7) is 11.5. The first-order chi connectivity index (χ1) is 19.4. The molecule has 9 heteroatoms. The van der Waals surface area contributed by atoms with Crippen LogP contribution in [-0.2, 0) is 38.0 Å². The van der Waals surface area contributed by atoms with Crippen LogP contribution in [0, 0.1) is 0 Å². The van der Waals surface area contributed by atoms with Crippen molar-refractivity contribution in [1.82, 2.24) is 10.2 Å². The highest BCUT2D eigenvalue weighted by Gasteiger charge is 2.34. The van der Waals surface area contributed by atoms with Crippen LogP contribution in [0.25, 0.3) is 0 Å². The summed E-state index contributed by atoms with van der Waals surface area (Å²) in [6.07, 6.45) is 1.33. The lowest BCUT2D eigenvalue weighted by Gasteiger charge is -2.35. The molecule has 0 saturated carbocycles. The number of anilines is 1. The first-order valence-corrected chi connectivity index (χ1v) is 16.1. The molecule has 0 heterocycles. The fraction of sp³-hybridized carbons (Fsp3) is 0.394. The zero-order valence-electron chi connectivity index (χ0n) is 25.5. The third kappa shape index (κ3) is 9.60. The summed E-state index contributed by atoms with van der Waals surface area (Å²) in [5, 5.41) is 3.57. The normalized spacial score (nSPS) is 12.9. The lowest BCUT2D eigenvalue weighted by Crippen LogP contribution is -2.56. The van der Waals surface area contributed by atoms with E-state index in [9.17, 15) is 18.0 Å². The smallest absolute Gasteiger partial charge is 0.244 e. The molecule has 0 saturated heterocycles. The zero-order valence-corrected chi connectivity index (χ0v) is 27.1. The third-order valence-corrected chi connectivity index (χ3v) is 8.13. The van der Waals surface area contributed by atoms with Crippen LogP contribution in [-0.4, -0.2) is 49.5 Å². The van der Waals surface area contributed by atoms with Gasteiger partial charge in [-0.1, -0.05) is 87.0 Å². The molecular formula is C33H42ClN3O4S. The molecule has 0 fully saturated rings. The molecule has 3 rings (SSSR count). The zero-order chi connectivity index (χ0) is 31.3. The maximum Gasteiger partial charge on any atom is 0.244 e. The number of halogens is 1. The Bertz CT molecular complexity index is 1460. The molecule has 0 aliphatic heterocycles. The molecule has 3 aromatic carbocycles. The molecule has 7 nitrogen and oxygen atoms in total. The Balaban J connectivity index is 2.06. The molecule has 0 aromatic heterocycles. The summed E-state index contributed by atoms with van der Waals surface area (Å²) in [4.78, 5) is 29.4. The Morgan fingerprint density at radius 3 is 1.90 bits per heavy atom. The maximum atomic E-state index is 14.2. The Morgan fingerprint density at radius 2 is 1.40 bits per heavy atom. The van der Waals surface area contributed by atoms with Crippen molar-refractivity contribution in [2.75, 3.05) is 17.1 Å². The Kier molecular flexibility index (Phi) is 10.5. The van der Waals surface area contributed by atoms with Gasteiger partial charge in [-0.05, 0) is 67.1 Å². The van der Waals surface area contributed by atoms with Gasteiger partial charge in [-0.25, -0.2) is 8.42 Å². The van der Waals surface area contributed by atoms with Gasteiger partial charge in [0.2, 0.25) is 21.8 Å². The summed E-state index contributed by atoms with van der Waals surface area (Å²) >= 11 is 6.11. The molecule has 0 radical (unpaired) electrons. The Morgan fingerprint density at radius 1 is 0.833 bits per heavy atom. The van der Waals surface area contributed by atoms with E-state index < -0.39 is 34.1 Å². The van der Waals surface area contributed by atoms with Crippen LogP contribution in [0.4, 0.5) is 5.69 Å². The second-order valence-electron chi connectivity index (χ2n) is 12.7. The van der Waals surface area contributed by atoms with E-state index in [1.54, 1.807) is 36.4 Å². The minimum absolute atomic E-state index is 0.0889. The number of hydrogen-bond donors (Lipinski definition) is 1. The summed E-state index contributed by atoms with van der Waals surface area (Å²) < 4.78 is 27.1. The number of amides is 2. The van der Waals surface area contributed by atoms with Crippen molar-refractivity contribution in [2.24, 2.45) is 0 Å². The van der Waals surface area contributed by atoms with E-state index in [2.05, 4.69) is 26.1 Å². The van der Waals surface area contributed by atoms with Gasteiger partial charge in [0.25, 0.3) is 0 Å². The maximum absolute atomic E-state index is 14.2. The first kappa shape index (κ1) is 33.1. The lowest BCUT2D eigenvalue weighted by atomic mass is 9.87. The van der Waals surface area contributed by atoms with Crippen LogP contribution in [0.15, 0.2) is 78.9 Å². The van der Waals surface area contributed by atoms with Crippen molar-refractivity contribution in [3.8, 4) is 0 Å². The van der Waals surface area contributed by atoms with Crippen LogP contribution in [0.2, 0.25) is 5.02 Å². The largest absolute Gasteiger partial charge is 0.350 e. The number of carbonyl (C=O) groups excluding carboxylic acids is 2. The SMILES string of the molecule is CC(C)(C)NC(=O)C(Cc1ccccc1)N(Cc1ccc(Cl)cc1)C(=O)CN(c1ccc(C(C)(C)C)cc1)S(C)(=O)=O. The number of rotatable bonds is 10. The lowest BCUT2D eigenvalue weighted by molar-refractivity contribution is -0.140. The van der Waals surface area contributed by atoms with E-state index in [4.69, 9.17) is 11.6 Å². The van der Waals surface area contributed by atoms with Crippen LogP contribution in [0.3, 0.4) is 0 Å². The summed E-state index contributed by atoms with van der Waals surface area (Å²) in [7, 11) is -3.84. The summed E-state index contributed by atoms with van der Waals surface area (Å²) in [6, 6.07) is 22.8. The highest BCUT2D eigenvalue weighted by Crippen LogP contribution is 2.26. The minimum atomic E-state index is -3.84. The first-order valence-electron chi connectivity index (χ1n) is 13.9. The molecule has 226 valence electrons. The summed E-state index contributed by atoms with van der Waals surface area (Å²) in [5.74, 6) is -0.825. The number of hydrogen-bond acceptors (Lipinski definition) is 4. The number of nitrogens with zero attached hydrogens (tertiary/aromatic N) is 2. The Hall–Kier alpha value is -3.36. The topological polar surface area (TPSA) is 86.8 Å². The highest BCUT2D eigenvalue weighted by atomic mass is 35.5. The average molecular weight is 612 g/mol. The van der Waals surface area contributed by atoms with E-state index in [1.807, 2.05) is 63.2 Å². The van der Waals surface area contributed by atoms with Gasteiger partial charge in [-0.2, -0.15) is 0 Å². The average Bonchev–Trinajstić information content (AvgIpc) is 2.88. The third-order valence-electron chi connectivity index (χ3n) is 6.74. The van der Waals surface area contributed by atoms with Gasteiger partial charge >= 0.3 is 0 Å². The van der Waals surface area contributed by atoms with E-state index in [-0.39, 0.29) is 24.3 Å². The van der Waals surface area contributed by atoms with Gasteiger partial charge in [0, 0.05) is 23.5 Å². The second kappa shape index (κ2) is 13.3. The second-order valence-corrected chi connectivity index (χ2v) is 15.0. The van der Waals surface area contributed by atoms with Gasteiger partial charge in [-0.3, -0.25) is 13.9 Å². The molecular weight excluding hydrogens is 570 g/mol. The van der Waals surface area contributed by atoms with Crippen molar-refractivity contribution in [3.63, 3.8) is 0 Å². The van der Waals surface area contributed by atoms with E-state index in [1.165, 1.54) is 4.90 Å². The molecule has 1 unspecified atom stereocenters. The Labute approximate surface area is 255 Å². The molecule has 42 heavy (non-hydrogen) atoms. The number of sulfonamides is 1. The molecule has 3 aromatic rings. The van der Waals surface area contributed by atoms with Crippen LogP contribution >= 0.6 is 11.6 Å². The van der Waals surface area contributed by atoms with E-state index in [0.29, 0.717) is 10.7 Å². The molecule has 0 aliphatic rings. The van der Waals surface area contributed by atoms with Crippen LogP contribution in [0.5, 0.6) is 0 Å². The van der Waals surface area contributed by atoms with Crippen LogP contribution < -0.4 is 9.62 Å². The van der Waals surface area contributed by atoms with Crippen molar-refractivity contribution < 1.29 is 18.0 Å². The van der Waals surface area contributed by atoms with Gasteiger partial charge in [0.1, 0.15) is 12.6 Å². The standard InChI is InChI=1S/C33H42ClN3O4S/c1-32(2,3)26-15-19-28(20-16-26)37(42(7,40)41)23-30(38)36(22-25-13-17-27(34)18-14-25)29(31(39)35-33(4,5)6)21-24-11-9-8-10-12-24/h8-20,29H,21-23H2,1-7H3,(H,35,39). The fourth-order valence-corrected chi connectivity index (χ4v) is 5.51. The van der Waals surface area contributed by atoms with Crippen molar-refractivity contribution >= 4 is 39.1 Å². The minimum Gasteiger partial charge on any atom is -0.350 e.